The molecule has 0 bridgehead atoms. The summed E-state index contributed by atoms with van der Waals surface area (Å²) in [4.78, 5) is 5.11. The van der Waals surface area contributed by atoms with E-state index < -0.39 is 0 Å². The van der Waals surface area contributed by atoms with Gasteiger partial charge in [-0.2, -0.15) is 0 Å². The van der Waals surface area contributed by atoms with Gasteiger partial charge in [-0.05, 0) is 184 Å². The first kappa shape index (κ1) is 53.0. The molecule has 0 saturated heterocycles. The van der Waals surface area contributed by atoms with E-state index in [1.807, 2.05) is 6.07 Å². The molecule has 4 aliphatic rings. The minimum atomic E-state index is 0.915. The fraction of sp³-hybridized carbons (Fsp3) is 0.343. The number of hydrogen-bond acceptors (Lipinski definition) is 3. The average molecular weight is 967 g/mol. The van der Waals surface area contributed by atoms with Crippen LogP contribution in [0.1, 0.15) is 116 Å². The number of benzene rings is 8. The summed E-state index contributed by atoms with van der Waals surface area (Å²) in [6.45, 7) is 17.6. The molecule has 8 aromatic carbocycles. The van der Waals surface area contributed by atoms with Crippen LogP contribution < -0.4 is 4.74 Å². The third-order valence-electron chi connectivity index (χ3n) is 15.2. The van der Waals surface area contributed by atoms with Gasteiger partial charge in [0.1, 0.15) is 5.75 Å². The molecule has 8 aromatic rings. The van der Waals surface area contributed by atoms with Gasteiger partial charge in [-0.15, -0.1) is 0 Å². The number of methoxy groups -OCH3 is 1. The summed E-state index contributed by atoms with van der Waals surface area (Å²) in [6.07, 6.45) is 15.7. The molecule has 0 amide bonds. The Morgan fingerprint density at radius 1 is 0.329 bits per heavy atom. The van der Waals surface area contributed by atoms with Crippen molar-refractivity contribution in [2.24, 2.45) is 0 Å². The van der Waals surface area contributed by atoms with Crippen LogP contribution in [0.4, 0.5) is 0 Å². The molecule has 0 spiro atoms. The zero-order chi connectivity index (χ0) is 50.8. The summed E-state index contributed by atoms with van der Waals surface area (Å²) in [5.74, 6) is 0.915. The molecule has 0 fully saturated rings. The number of aryl methyl sites for hydroxylation is 9. The molecular weight excluding hydrogens is 885 g/mol. The monoisotopic (exact) mass is 967 g/mol. The number of hydrogen-bond donors (Lipinski definition) is 0. The summed E-state index contributed by atoms with van der Waals surface area (Å²) < 4.78 is 5.16. The predicted octanol–water partition coefficient (Wildman–Crippen LogP) is 16.4. The first-order chi connectivity index (χ1) is 35.6. The minimum absolute atomic E-state index is 0.915. The van der Waals surface area contributed by atoms with Crippen LogP contribution in [-0.2, 0) is 64.6 Å². The van der Waals surface area contributed by atoms with Crippen LogP contribution in [-0.4, -0.2) is 36.5 Å². The normalized spacial score (nSPS) is 14.9. The lowest BCUT2D eigenvalue weighted by Gasteiger charge is -2.29. The summed E-state index contributed by atoms with van der Waals surface area (Å²) in [7, 11) is 1.69. The van der Waals surface area contributed by atoms with Crippen LogP contribution in [0.25, 0.3) is 10.8 Å². The Balaban J connectivity index is 0.000000124. The second kappa shape index (κ2) is 27.2. The highest BCUT2D eigenvalue weighted by Gasteiger charge is 2.17. The molecule has 2 aliphatic heterocycles. The van der Waals surface area contributed by atoms with Gasteiger partial charge in [0, 0.05) is 39.3 Å². The SMILES string of the molecule is COc1ccc2ccc(C)cc2c1.Cc1ccc2c(c1)CCCC2.Cc1ccc2c(c1)CCCCC2.Cc1ccc2c(c1)CCN(Cc1ccccc1)CC2.Cc1ccc2c(c1)CN(Cc1ccccc1)CC2. The maximum absolute atomic E-state index is 5.16. The van der Waals surface area contributed by atoms with Crippen molar-refractivity contribution in [1.82, 2.24) is 9.80 Å². The highest BCUT2D eigenvalue weighted by Crippen LogP contribution is 2.25. The van der Waals surface area contributed by atoms with Crippen LogP contribution in [0.5, 0.6) is 5.75 Å². The van der Waals surface area contributed by atoms with E-state index in [1.54, 1.807) is 40.5 Å². The van der Waals surface area contributed by atoms with E-state index in [2.05, 4.69) is 208 Å². The number of nitrogens with zero attached hydrogens (tertiary/aromatic N) is 2. The zero-order valence-corrected chi connectivity index (χ0v) is 45.2. The molecule has 2 heterocycles. The Kier molecular flexibility index (Phi) is 19.7. The van der Waals surface area contributed by atoms with Gasteiger partial charge in [-0.3, -0.25) is 9.80 Å². The molecule has 12 rings (SSSR count). The molecule has 378 valence electrons. The van der Waals surface area contributed by atoms with Crippen molar-refractivity contribution in [1.29, 1.82) is 0 Å². The molecule has 73 heavy (non-hydrogen) atoms. The van der Waals surface area contributed by atoms with E-state index >= 15 is 0 Å². The molecule has 0 N–H and O–H groups in total. The second-order valence-corrected chi connectivity index (χ2v) is 21.3. The fourth-order valence-electron chi connectivity index (χ4n) is 11.0. The van der Waals surface area contributed by atoms with E-state index in [-0.39, 0.29) is 0 Å². The lowest BCUT2D eigenvalue weighted by molar-refractivity contribution is 0.245. The number of ether oxygens (including phenoxy) is 1. The van der Waals surface area contributed by atoms with E-state index in [0.717, 1.165) is 25.4 Å². The number of rotatable bonds is 5. The van der Waals surface area contributed by atoms with E-state index in [4.69, 9.17) is 4.74 Å². The summed E-state index contributed by atoms with van der Waals surface area (Å²) in [5, 5.41) is 2.49. The van der Waals surface area contributed by atoms with Crippen molar-refractivity contribution < 1.29 is 4.74 Å². The van der Waals surface area contributed by atoms with Crippen molar-refractivity contribution in [2.75, 3.05) is 26.7 Å². The summed E-state index contributed by atoms with van der Waals surface area (Å²) >= 11 is 0. The van der Waals surface area contributed by atoms with Crippen LogP contribution in [0.3, 0.4) is 0 Å². The highest BCUT2D eigenvalue weighted by atomic mass is 16.5. The van der Waals surface area contributed by atoms with Crippen molar-refractivity contribution in [3.05, 3.63) is 253 Å². The molecular formula is C70H82N2O. The Hall–Kier alpha value is -6.26. The molecule has 0 unspecified atom stereocenters. The first-order valence-electron chi connectivity index (χ1n) is 27.5. The van der Waals surface area contributed by atoms with Gasteiger partial charge in [0.2, 0.25) is 0 Å². The maximum Gasteiger partial charge on any atom is 0.119 e. The lowest BCUT2D eigenvalue weighted by Crippen LogP contribution is -2.30. The van der Waals surface area contributed by atoms with E-state index in [9.17, 15) is 0 Å². The Morgan fingerprint density at radius 2 is 0.712 bits per heavy atom. The maximum atomic E-state index is 5.16. The Morgan fingerprint density at radius 3 is 1.25 bits per heavy atom. The number of fused-ring (bicyclic) bond motifs is 5. The quantitative estimate of drug-likeness (QED) is 0.160. The van der Waals surface area contributed by atoms with Crippen molar-refractivity contribution in [2.45, 2.75) is 131 Å². The average Bonchev–Trinajstić information content (AvgIpc) is 3.77. The standard InChI is InChI=1S/C18H21N.C17H19N.C12H12O.C12H16.C11H14/c1-15-7-8-17-9-11-19(12-10-18(17)13-15)14-16-5-3-2-4-6-16;1-14-7-8-16-9-10-18(13-17(16)11-14)12-15-5-3-2-4-6-15;1-9-3-4-10-5-6-12(13-2)8-11(10)7-9;1-10-7-8-11-5-3-2-4-6-12(11)9-10;1-9-6-7-10-4-2-3-5-11(10)8-9/h2-8,13H,9-12,14H2,1H3;2-8,11H,9-10,12-13H2,1H3;3-8H,1-2H3;7-9H,2-6H2,1H3;6-8H,2-5H2,1H3. The molecule has 0 aromatic heterocycles. The second-order valence-electron chi connectivity index (χ2n) is 21.3. The lowest BCUT2D eigenvalue weighted by atomic mass is 9.91. The van der Waals surface area contributed by atoms with Gasteiger partial charge >= 0.3 is 0 Å². The van der Waals surface area contributed by atoms with Gasteiger partial charge in [0.15, 0.2) is 0 Å². The van der Waals surface area contributed by atoms with E-state index in [0.29, 0.717) is 0 Å². The third kappa shape index (κ3) is 16.4. The topological polar surface area (TPSA) is 15.7 Å². The van der Waals surface area contributed by atoms with Gasteiger partial charge in [-0.25, -0.2) is 0 Å². The third-order valence-corrected chi connectivity index (χ3v) is 15.2. The van der Waals surface area contributed by atoms with Gasteiger partial charge < -0.3 is 4.74 Å². The Bertz CT molecular complexity index is 2970. The zero-order valence-electron chi connectivity index (χ0n) is 45.2. The predicted molar refractivity (Wildman–Crippen MR) is 311 cm³/mol. The Labute approximate surface area is 440 Å². The molecule has 0 radical (unpaired) electrons. The minimum Gasteiger partial charge on any atom is -0.497 e. The van der Waals surface area contributed by atoms with Gasteiger partial charge in [0.05, 0.1) is 7.11 Å². The molecule has 3 nitrogen and oxygen atoms in total. The van der Waals surface area contributed by atoms with Gasteiger partial charge in [-0.1, -0.05) is 192 Å². The highest BCUT2D eigenvalue weighted by molar-refractivity contribution is 5.84. The van der Waals surface area contributed by atoms with Crippen molar-refractivity contribution in [3.8, 4) is 5.75 Å². The van der Waals surface area contributed by atoms with Crippen LogP contribution in [0.15, 0.2) is 170 Å². The largest absolute Gasteiger partial charge is 0.497 e. The first-order valence-corrected chi connectivity index (χ1v) is 27.5. The fourth-order valence-corrected chi connectivity index (χ4v) is 11.0. The summed E-state index contributed by atoms with van der Waals surface area (Å²) in [5.41, 5.74) is 22.2. The van der Waals surface area contributed by atoms with Crippen molar-refractivity contribution in [3.63, 3.8) is 0 Å². The van der Waals surface area contributed by atoms with Crippen molar-refractivity contribution >= 4 is 10.8 Å². The van der Waals surface area contributed by atoms with E-state index in [1.165, 1.54) is 158 Å². The van der Waals surface area contributed by atoms with Crippen LogP contribution in [0.2, 0.25) is 0 Å². The smallest absolute Gasteiger partial charge is 0.119 e. The summed E-state index contributed by atoms with van der Waals surface area (Å²) in [6, 6.07) is 61.6. The van der Waals surface area contributed by atoms with Crippen LogP contribution >= 0.6 is 0 Å². The molecule has 0 saturated carbocycles. The molecule has 3 heteroatoms. The van der Waals surface area contributed by atoms with Gasteiger partial charge in [0.25, 0.3) is 0 Å². The molecule has 2 aliphatic carbocycles. The van der Waals surface area contributed by atoms with Crippen LogP contribution in [0, 0.1) is 34.6 Å². The molecule has 0 atom stereocenters.